The van der Waals surface area contributed by atoms with Gasteiger partial charge in [0.2, 0.25) is 5.91 Å². The predicted molar refractivity (Wildman–Crippen MR) is 150 cm³/mol. The minimum absolute atomic E-state index is 0.0636. The first-order chi connectivity index (χ1) is 17.9. The largest absolute Gasteiger partial charge is 0.352 e. The molecule has 2 N–H and O–H groups in total. The van der Waals surface area contributed by atoms with Crippen molar-refractivity contribution in [3.63, 3.8) is 0 Å². The Balaban J connectivity index is 1.44. The van der Waals surface area contributed by atoms with Gasteiger partial charge in [-0.3, -0.25) is 9.78 Å². The minimum atomic E-state index is -0.205. The molecule has 0 spiro atoms. The molecular formula is C28H27ClN6OS. The number of carbonyl (C=O) groups is 1. The fourth-order valence-electron chi connectivity index (χ4n) is 4.63. The SMILES string of the molecule is Cc1ccc(C)c(NC(=O)CCN2C(=S)N[C@H](c3ccccn3)[C@H]2c2cccn2-c2ccc(Cl)cn2)c1. The van der Waals surface area contributed by atoms with Crippen LogP contribution in [-0.4, -0.2) is 37.0 Å². The Kier molecular flexibility index (Phi) is 7.21. The van der Waals surface area contributed by atoms with Crippen LogP contribution in [0, 0.1) is 13.8 Å². The van der Waals surface area contributed by atoms with E-state index in [1.807, 2.05) is 79.2 Å². The van der Waals surface area contributed by atoms with Gasteiger partial charge in [0, 0.05) is 42.9 Å². The van der Waals surface area contributed by atoms with E-state index in [-0.39, 0.29) is 24.4 Å². The van der Waals surface area contributed by atoms with Crippen molar-refractivity contribution in [2.45, 2.75) is 32.4 Å². The number of aryl methyl sites for hydroxylation is 2. The number of amides is 1. The monoisotopic (exact) mass is 530 g/mol. The molecule has 0 unspecified atom stereocenters. The number of thiocarbonyl (C=S) groups is 1. The Morgan fingerprint density at radius 1 is 1.11 bits per heavy atom. The fourth-order valence-corrected chi connectivity index (χ4v) is 5.07. The summed E-state index contributed by atoms with van der Waals surface area (Å²) in [5.74, 6) is 0.681. The highest BCUT2D eigenvalue weighted by Gasteiger charge is 2.41. The number of hydrogen-bond donors (Lipinski definition) is 2. The molecule has 7 nitrogen and oxygen atoms in total. The molecule has 2 atom stereocenters. The zero-order chi connectivity index (χ0) is 25.9. The standard InChI is InChI=1S/C28H27ClN6OS/c1-18-8-9-19(2)22(16-18)32-25(36)12-15-35-27(26(33-28(35)37)21-6-3-4-13-30-21)23-7-5-14-34(23)24-11-10-20(29)17-31-24/h3-11,13-14,16-17,26-27H,12,15H2,1-2H3,(H,32,36)(H,33,37)/t26-,27-/m1/s1. The molecule has 0 saturated carbocycles. The highest BCUT2D eigenvalue weighted by molar-refractivity contribution is 7.80. The molecule has 1 aromatic carbocycles. The predicted octanol–water partition coefficient (Wildman–Crippen LogP) is 5.54. The molecule has 4 heterocycles. The molecular weight excluding hydrogens is 504 g/mol. The van der Waals surface area contributed by atoms with Crippen LogP contribution < -0.4 is 10.6 Å². The number of nitrogens with zero attached hydrogens (tertiary/aromatic N) is 4. The van der Waals surface area contributed by atoms with Gasteiger partial charge in [-0.25, -0.2) is 4.98 Å². The van der Waals surface area contributed by atoms with E-state index in [4.69, 9.17) is 23.8 Å². The van der Waals surface area contributed by atoms with Gasteiger partial charge < -0.3 is 20.1 Å². The third-order valence-electron chi connectivity index (χ3n) is 6.49. The third kappa shape index (κ3) is 5.35. The molecule has 37 heavy (non-hydrogen) atoms. The van der Waals surface area contributed by atoms with Crippen molar-refractivity contribution < 1.29 is 4.79 Å². The van der Waals surface area contributed by atoms with Gasteiger partial charge in [-0.15, -0.1) is 0 Å². The first kappa shape index (κ1) is 24.9. The van der Waals surface area contributed by atoms with Crippen LogP contribution in [0.3, 0.4) is 0 Å². The molecule has 1 fully saturated rings. The van der Waals surface area contributed by atoms with Gasteiger partial charge in [-0.2, -0.15) is 0 Å². The van der Waals surface area contributed by atoms with Crippen molar-refractivity contribution in [2.75, 3.05) is 11.9 Å². The molecule has 1 saturated heterocycles. The zero-order valence-corrected chi connectivity index (χ0v) is 22.1. The maximum atomic E-state index is 13.0. The van der Waals surface area contributed by atoms with Crippen molar-refractivity contribution in [1.82, 2.24) is 24.8 Å². The Labute approximate surface area is 226 Å². The number of carbonyl (C=O) groups excluding carboxylic acids is 1. The Morgan fingerprint density at radius 3 is 2.73 bits per heavy atom. The summed E-state index contributed by atoms with van der Waals surface area (Å²) in [6, 6.07) is 19.2. The number of rotatable bonds is 7. The summed E-state index contributed by atoms with van der Waals surface area (Å²) in [4.78, 5) is 24.1. The fraction of sp³-hybridized carbons (Fsp3) is 0.214. The number of benzene rings is 1. The van der Waals surface area contributed by atoms with Crippen molar-refractivity contribution in [2.24, 2.45) is 0 Å². The lowest BCUT2D eigenvalue weighted by Crippen LogP contribution is -2.33. The van der Waals surface area contributed by atoms with E-state index in [1.165, 1.54) is 0 Å². The molecule has 9 heteroatoms. The number of aromatic nitrogens is 3. The Bertz CT molecular complexity index is 1420. The number of pyridine rings is 2. The highest BCUT2D eigenvalue weighted by Crippen LogP contribution is 2.39. The second-order valence-electron chi connectivity index (χ2n) is 9.07. The molecule has 3 aromatic heterocycles. The molecule has 1 aliphatic rings. The van der Waals surface area contributed by atoms with E-state index < -0.39 is 0 Å². The first-order valence-corrected chi connectivity index (χ1v) is 12.8. The molecule has 0 aliphatic carbocycles. The van der Waals surface area contributed by atoms with Gasteiger partial charge in [-0.1, -0.05) is 29.8 Å². The normalized spacial score (nSPS) is 17.1. The maximum absolute atomic E-state index is 13.0. The quantitative estimate of drug-likeness (QED) is 0.306. The lowest BCUT2D eigenvalue weighted by Gasteiger charge is -2.28. The van der Waals surface area contributed by atoms with Crippen molar-refractivity contribution in [3.05, 3.63) is 107 Å². The van der Waals surface area contributed by atoms with Gasteiger partial charge in [0.05, 0.1) is 22.8 Å². The van der Waals surface area contributed by atoms with Crippen LogP contribution in [0.25, 0.3) is 5.82 Å². The van der Waals surface area contributed by atoms with Gasteiger partial charge in [0.1, 0.15) is 5.82 Å². The zero-order valence-electron chi connectivity index (χ0n) is 20.6. The van der Waals surface area contributed by atoms with Crippen LogP contribution in [0.5, 0.6) is 0 Å². The van der Waals surface area contributed by atoms with E-state index in [0.29, 0.717) is 16.7 Å². The van der Waals surface area contributed by atoms with E-state index in [2.05, 4.69) is 31.6 Å². The summed E-state index contributed by atoms with van der Waals surface area (Å²) in [5.41, 5.74) is 4.80. The lowest BCUT2D eigenvalue weighted by molar-refractivity contribution is -0.116. The second-order valence-corrected chi connectivity index (χ2v) is 9.90. The molecule has 4 aromatic rings. The summed E-state index contributed by atoms with van der Waals surface area (Å²) in [6.45, 7) is 4.44. The minimum Gasteiger partial charge on any atom is -0.352 e. The van der Waals surface area contributed by atoms with Crippen molar-refractivity contribution in [3.8, 4) is 5.82 Å². The van der Waals surface area contributed by atoms with Gasteiger partial charge in [-0.05, 0) is 79.7 Å². The number of anilines is 1. The van der Waals surface area contributed by atoms with E-state index >= 15 is 0 Å². The van der Waals surface area contributed by atoms with Crippen LogP contribution in [0.1, 0.15) is 41.0 Å². The van der Waals surface area contributed by atoms with Crippen molar-refractivity contribution >= 4 is 40.5 Å². The van der Waals surface area contributed by atoms with Crippen LogP contribution in [0.15, 0.2) is 79.3 Å². The van der Waals surface area contributed by atoms with Crippen LogP contribution in [-0.2, 0) is 4.79 Å². The smallest absolute Gasteiger partial charge is 0.226 e. The molecule has 0 radical (unpaired) electrons. The Morgan fingerprint density at radius 2 is 1.97 bits per heavy atom. The number of nitrogens with one attached hydrogen (secondary N) is 2. The van der Waals surface area contributed by atoms with Crippen LogP contribution in [0.4, 0.5) is 5.69 Å². The number of halogens is 1. The summed E-state index contributed by atoms with van der Waals surface area (Å²) in [7, 11) is 0. The molecule has 5 rings (SSSR count). The maximum Gasteiger partial charge on any atom is 0.226 e. The summed E-state index contributed by atoms with van der Waals surface area (Å²) in [5, 5.41) is 7.65. The lowest BCUT2D eigenvalue weighted by atomic mass is 10.0. The van der Waals surface area contributed by atoms with Crippen LogP contribution in [0.2, 0.25) is 5.02 Å². The third-order valence-corrected chi connectivity index (χ3v) is 7.06. The summed E-state index contributed by atoms with van der Waals surface area (Å²) in [6.07, 6.45) is 5.65. The summed E-state index contributed by atoms with van der Waals surface area (Å²) < 4.78 is 2.02. The molecule has 1 aliphatic heterocycles. The molecule has 1 amide bonds. The average molecular weight is 531 g/mol. The van der Waals surface area contributed by atoms with Crippen molar-refractivity contribution in [1.29, 1.82) is 0 Å². The second kappa shape index (κ2) is 10.7. The number of hydrogen-bond acceptors (Lipinski definition) is 4. The molecule has 0 bridgehead atoms. The van der Waals surface area contributed by atoms with Gasteiger partial charge in [0.15, 0.2) is 5.11 Å². The molecule has 188 valence electrons. The Hall–Kier alpha value is -3.75. The van der Waals surface area contributed by atoms with Gasteiger partial charge in [0.25, 0.3) is 0 Å². The van der Waals surface area contributed by atoms with E-state index in [0.717, 1.165) is 34.0 Å². The average Bonchev–Trinajstić information content (AvgIpc) is 3.50. The highest BCUT2D eigenvalue weighted by atomic mass is 35.5. The van der Waals surface area contributed by atoms with Gasteiger partial charge >= 0.3 is 0 Å². The topological polar surface area (TPSA) is 75.1 Å². The van der Waals surface area contributed by atoms with E-state index in [1.54, 1.807) is 12.4 Å². The summed E-state index contributed by atoms with van der Waals surface area (Å²) >= 11 is 11.9. The first-order valence-electron chi connectivity index (χ1n) is 12.0. The van der Waals surface area contributed by atoms with E-state index in [9.17, 15) is 4.79 Å². The van der Waals surface area contributed by atoms with Crippen LogP contribution >= 0.6 is 23.8 Å².